The molecule has 0 bridgehead atoms. The van der Waals surface area contributed by atoms with E-state index in [1.54, 1.807) is 19.3 Å². The number of nitrogens with one attached hydrogen (secondary N) is 1. The third-order valence-corrected chi connectivity index (χ3v) is 2.53. The number of rotatable bonds is 4. The normalized spacial score (nSPS) is 10.3. The number of ether oxygens (including phenoxy) is 1. The first-order valence-electron chi connectivity index (χ1n) is 5.31. The Morgan fingerprint density at radius 3 is 2.88 bits per heavy atom. The summed E-state index contributed by atoms with van der Waals surface area (Å²) in [7, 11) is 1.75. The first-order chi connectivity index (χ1) is 8.24. The topological polar surface area (TPSA) is 47.3 Å². The predicted octanol–water partition coefficient (Wildman–Crippen LogP) is 3.44. The Morgan fingerprint density at radius 2 is 2.29 bits per heavy atom. The van der Waals surface area contributed by atoms with Gasteiger partial charge >= 0.3 is 0 Å². The molecule has 4 nitrogen and oxygen atoms in total. The minimum absolute atomic E-state index is 0.477. The molecule has 2 aromatic rings. The van der Waals surface area contributed by atoms with E-state index in [0.717, 1.165) is 5.56 Å². The van der Waals surface area contributed by atoms with Crippen molar-refractivity contribution in [2.24, 2.45) is 0 Å². The molecule has 90 valence electrons. The third kappa shape index (κ3) is 2.53. The molecular weight excluding hydrogens is 240 g/mol. The first kappa shape index (κ1) is 11.8. The highest BCUT2D eigenvalue weighted by molar-refractivity contribution is 6.32. The number of aromatic nitrogens is 1. The molecular formula is C12H13ClN2O2. The zero-order valence-corrected chi connectivity index (χ0v) is 10.4. The van der Waals surface area contributed by atoms with Crippen LogP contribution in [0.5, 0.6) is 5.75 Å². The summed E-state index contributed by atoms with van der Waals surface area (Å²) >= 11 is 6.10. The van der Waals surface area contributed by atoms with Crippen molar-refractivity contribution in [3.05, 3.63) is 29.4 Å². The summed E-state index contributed by atoms with van der Waals surface area (Å²) in [5, 5.41) is 3.39. The van der Waals surface area contributed by atoms with Gasteiger partial charge in [-0.15, -0.1) is 0 Å². The van der Waals surface area contributed by atoms with Gasteiger partial charge in [0.05, 0.1) is 17.8 Å². The number of halogens is 1. The molecule has 2 rings (SSSR count). The largest absolute Gasteiger partial charge is 0.492 e. The Kier molecular flexibility index (Phi) is 3.54. The summed E-state index contributed by atoms with van der Waals surface area (Å²) in [6, 6.07) is 5.98. The van der Waals surface area contributed by atoms with Crippen molar-refractivity contribution >= 4 is 17.6 Å². The van der Waals surface area contributed by atoms with Crippen LogP contribution in [0.3, 0.4) is 0 Å². The molecule has 0 spiro atoms. The number of hydrogen-bond acceptors (Lipinski definition) is 4. The Labute approximate surface area is 105 Å². The van der Waals surface area contributed by atoms with Gasteiger partial charge in [0.15, 0.2) is 5.76 Å². The fraction of sp³-hybridized carbons (Fsp3) is 0.250. The van der Waals surface area contributed by atoms with Crippen molar-refractivity contribution in [3.8, 4) is 17.1 Å². The molecule has 0 amide bonds. The van der Waals surface area contributed by atoms with Crippen LogP contribution in [-0.2, 0) is 0 Å². The lowest BCUT2D eigenvalue weighted by Gasteiger charge is -2.06. The second-order valence-corrected chi connectivity index (χ2v) is 3.77. The van der Waals surface area contributed by atoms with Crippen molar-refractivity contribution in [2.45, 2.75) is 6.92 Å². The standard InChI is InChI=1S/C12H13ClN2O2/c1-3-16-10-5-4-8(6-9(10)13)11-7-15-12(14-2)17-11/h4-7H,3H2,1-2H3,(H,14,15). The smallest absolute Gasteiger partial charge is 0.294 e. The van der Waals surface area contributed by atoms with Crippen LogP contribution in [0.4, 0.5) is 6.01 Å². The molecule has 1 heterocycles. The van der Waals surface area contributed by atoms with Gasteiger partial charge in [0, 0.05) is 12.6 Å². The summed E-state index contributed by atoms with van der Waals surface area (Å²) in [5.74, 6) is 1.34. The maximum atomic E-state index is 6.10. The van der Waals surface area contributed by atoms with Crippen LogP contribution >= 0.6 is 11.6 Å². The number of hydrogen-bond donors (Lipinski definition) is 1. The Morgan fingerprint density at radius 1 is 1.47 bits per heavy atom. The van der Waals surface area contributed by atoms with Crippen molar-refractivity contribution in [1.82, 2.24) is 4.98 Å². The fourth-order valence-corrected chi connectivity index (χ4v) is 1.68. The summed E-state index contributed by atoms with van der Waals surface area (Å²) in [6.07, 6.45) is 1.65. The van der Waals surface area contributed by atoms with Crippen molar-refractivity contribution in [2.75, 3.05) is 19.0 Å². The fourth-order valence-electron chi connectivity index (χ4n) is 1.45. The van der Waals surface area contributed by atoms with E-state index < -0.39 is 0 Å². The molecule has 1 aromatic carbocycles. The SMILES string of the molecule is CCOc1ccc(-c2cnc(NC)o2)cc1Cl. The molecule has 0 radical (unpaired) electrons. The maximum Gasteiger partial charge on any atom is 0.294 e. The van der Waals surface area contributed by atoms with E-state index in [-0.39, 0.29) is 0 Å². The van der Waals surface area contributed by atoms with Crippen LogP contribution in [0.2, 0.25) is 5.02 Å². The van der Waals surface area contributed by atoms with Gasteiger partial charge in [-0.05, 0) is 25.1 Å². The minimum atomic E-state index is 0.477. The highest BCUT2D eigenvalue weighted by Crippen LogP contribution is 2.31. The monoisotopic (exact) mass is 252 g/mol. The first-order valence-corrected chi connectivity index (χ1v) is 5.68. The number of nitrogens with zero attached hydrogens (tertiary/aromatic N) is 1. The van der Waals surface area contributed by atoms with Gasteiger partial charge in [0.25, 0.3) is 6.01 Å². The zero-order valence-electron chi connectivity index (χ0n) is 9.66. The Hall–Kier alpha value is -1.68. The number of anilines is 1. The molecule has 17 heavy (non-hydrogen) atoms. The Bertz CT molecular complexity index is 511. The van der Waals surface area contributed by atoms with Gasteiger partial charge in [-0.25, -0.2) is 4.98 Å². The molecule has 5 heteroatoms. The molecule has 0 aliphatic heterocycles. The van der Waals surface area contributed by atoms with E-state index in [1.807, 2.05) is 19.1 Å². The zero-order chi connectivity index (χ0) is 12.3. The molecule has 1 N–H and O–H groups in total. The highest BCUT2D eigenvalue weighted by Gasteiger charge is 2.08. The van der Waals surface area contributed by atoms with E-state index in [1.165, 1.54) is 0 Å². The summed E-state index contributed by atoms with van der Waals surface area (Å²) in [6.45, 7) is 2.51. The second-order valence-electron chi connectivity index (χ2n) is 3.36. The van der Waals surface area contributed by atoms with Gasteiger partial charge in [0.1, 0.15) is 5.75 Å². The highest BCUT2D eigenvalue weighted by atomic mass is 35.5. The second kappa shape index (κ2) is 5.10. The molecule has 0 saturated carbocycles. The van der Waals surface area contributed by atoms with Crippen molar-refractivity contribution < 1.29 is 9.15 Å². The molecule has 0 fully saturated rings. The lowest BCUT2D eigenvalue weighted by atomic mass is 10.2. The lowest BCUT2D eigenvalue weighted by Crippen LogP contribution is -1.91. The van der Waals surface area contributed by atoms with Gasteiger partial charge in [-0.3, -0.25) is 0 Å². The van der Waals surface area contributed by atoms with Crippen LogP contribution in [-0.4, -0.2) is 18.6 Å². The van der Waals surface area contributed by atoms with E-state index >= 15 is 0 Å². The van der Waals surface area contributed by atoms with Gasteiger partial charge < -0.3 is 14.5 Å². The van der Waals surface area contributed by atoms with E-state index in [9.17, 15) is 0 Å². The Balaban J connectivity index is 2.30. The molecule has 1 aromatic heterocycles. The lowest BCUT2D eigenvalue weighted by molar-refractivity contribution is 0.340. The molecule has 0 saturated heterocycles. The summed E-state index contributed by atoms with van der Waals surface area (Å²) in [5.41, 5.74) is 0.868. The predicted molar refractivity (Wildman–Crippen MR) is 67.7 cm³/mol. The van der Waals surface area contributed by atoms with Gasteiger partial charge in [-0.1, -0.05) is 11.6 Å². The average molecular weight is 253 g/mol. The van der Waals surface area contributed by atoms with Crippen LogP contribution in [0, 0.1) is 0 Å². The van der Waals surface area contributed by atoms with Crippen LogP contribution in [0.15, 0.2) is 28.8 Å². The molecule has 0 aliphatic carbocycles. The molecule has 0 aliphatic rings. The quantitative estimate of drug-likeness (QED) is 0.906. The third-order valence-electron chi connectivity index (χ3n) is 2.24. The van der Waals surface area contributed by atoms with E-state index in [2.05, 4.69) is 10.3 Å². The van der Waals surface area contributed by atoms with Crippen molar-refractivity contribution in [3.63, 3.8) is 0 Å². The van der Waals surface area contributed by atoms with Gasteiger partial charge in [0.2, 0.25) is 0 Å². The van der Waals surface area contributed by atoms with Crippen LogP contribution < -0.4 is 10.1 Å². The molecule has 0 atom stereocenters. The molecule has 0 unspecified atom stereocenters. The van der Waals surface area contributed by atoms with Gasteiger partial charge in [-0.2, -0.15) is 0 Å². The van der Waals surface area contributed by atoms with E-state index in [0.29, 0.717) is 29.2 Å². The van der Waals surface area contributed by atoms with Crippen LogP contribution in [0.1, 0.15) is 6.92 Å². The van der Waals surface area contributed by atoms with Crippen LogP contribution in [0.25, 0.3) is 11.3 Å². The van der Waals surface area contributed by atoms with E-state index in [4.69, 9.17) is 20.8 Å². The maximum absolute atomic E-state index is 6.10. The average Bonchev–Trinajstić information content (AvgIpc) is 2.80. The number of benzene rings is 1. The summed E-state index contributed by atoms with van der Waals surface area (Å²) in [4.78, 5) is 4.05. The number of oxazole rings is 1. The van der Waals surface area contributed by atoms with Crippen molar-refractivity contribution in [1.29, 1.82) is 0 Å². The minimum Gasteiger partial charge on any atom is -0.492 e. The summed E-state index contributed by atoms with van der Waals surface area (Å²) < 4.78 is 10.8.